The van der Waals surface area contributed by atoms with Gasteiger partial charge < -0.3 is 9.64 Å². The van der Waals surface area contributed by atoms with Gasteiger partial charge in [-0.2, -0.15) is 0 Å². The summed E-state index contributed by atoms with van der Waals surface area (Å²) < 4.78 is 20.3. The number of anilines is 2. The van der Waals surface area contributed by atoms with Crippen molar-refractivity contribution >= 4 is 35.3 Å². The largest absolute Gasteiger partial charge is 0.492 e. The van der Waals surface area contributed by atoms with Gasteiger partial charge in [0, 0.05) is 24.3 Å². The van der Waals surface area contributed by atoms with Gasteiger partial charge in [-0.25, -0.2) is 14.1 Å². The molecule has 2 heterocycles. The number of carbonyl (C=O) groups excluding carboxylic acids is 3. The second kappa shape index (κ2) is 8.59. The lowest BCUT2D eigenvalue weighted by molar-refractivity contribution is -0.122. The average Bonchev–Trinajstić information content (AvgIpc) is 3.28. The van der Waals surface area contributed by atoms with Gasteiger partial charge in [0.05, 0.1) is 12.3 Å². The highest BCUT2D eigenvalue weighted by Crippen LogP contribution is 2.31. The third-order valence-corrected chi connectivity index (χ3v) is 5.26. The Morgan fingerprint density at radius 2 is 1.84 bits per heavy atom. The molecule has 2 aromatic rings. The maximum atomic E-state index is 14.8. The van der Waals surface area contributed by atoms with E-state index in [1.165, 1.54) is 18.2 Å². The molecule has 160 valence electrons. The minimum atomic E-state index is -0.885. The fourth-order valence-electron chi connectivity index (χ4n) is 3.76. The molecule has 2 aromatic carbocycles. The first-order valence-electron chi connectivity index (χ1n) is 10.2. The van der Waals surface area contributed by atoms with Crippen LogP contribution in [0.25, 0.3) is 6.08 Å². The minimum absolute atomic E-state index is 0.0915. The van der Waals surface area contributed by atoms with Crippen molar-refractivity contribution in [3.63, 3.8) is 0 Å². The maximum absolute atomic E-state index is 14.8. The van der Waals surface area contributed by atoms with Crippen LogP contribution in [0, 0.1) is 5.82 Å². The van der Waals surface area contributed by atoms with E-state index in [0.717, 1.165) is 36.5 Å². The molecule has 0 atom stereocenters. The smallest absolute Gasteiger partial charge is 0.336 e. The van der Waals surface area contributed by atoms with Crippen LogP contribution in [0.1, 0.15) is 25.3 Å². The van der Waals surface area contributed by atoms with Gasteiger partial charge in [0.15, 0.2) is 0 Å². The van der Waals surface area contributed by atoms with E-state index in [2.05, 4.69) is 10.2 Å². The summed E-state index contributed by atoms with van der Waals surface area (Å²) in [4.78, 5) is 40.8. The second-order valence-corrected chi connectivity index (χ2v) is 7.26. The lowest BCUT2D eigenvalue weighted by Crippen LogP contribution is -2.54. The molecule has 1 N–H and O–H groups in total. The van der Waals surface area contributed by atoms with Crippen molar-refractivity contribution in [2.75, 3.05) is 29.5 Å². The van der Waals surface area contributed by atoms with Crippen LogP contribution in [-0.4, -0.2) is 37.5 Å². The van der Waals surface area contributed by atoms with Crippen molar-refractivity contribution in [2.45, 2.75) is 19.8 Å². The highest BCUT2D eigenvalue weighted by molar-refractivity contribution is 6.39. The first-order valence-corrected chi connectivity index (χ1v) is 10.2. The van der Waals surface area contributed by atoms with Crippen molar-refractivity contribution in [1.29, 1.82) is 0 Å². The third-order valence-electron chi connectivity index (χ3n) is 5.26. The van der Waals surface area contributed by atoms with E-state index in [-0.39, 0.29) is 16.8 Å². The number of nitrogens with zero attached hydrogens (tertiary/aromatic N) is 2. The molecule has 7 nitrogen and oxygen atoms in total. The van der Waals surface area contributed by atoms with Crippen LogP contribution >= 0.6 is 0 Å². The molecule has 0 spiro atoms. The molecule has 2 aliphatic rings. The molecule has 0 bridgehead atoms. The number of ether oxygens (including phenoxy) is 1. The Hall–Kier alpha value is -3.68. The summed E-state index contributed by atoms with van der Waals surface area (Å²) in [6, 6.07) is 10.3. The van der Waals surface area contributed by atoms with Crippen LogP contribution in [-0.2, 0) is 9.59 Å². The SMILES string of the molecule is CCOc1ccccc1N1C(=O)NC(=O)/C(=C\c2ccc(N3CCCC3)cc2F)C1=O. The Bertz CT molecular complexity index is 1080. The summed E-state index contributed by atoms with van der Waals surface area (Å²) in [5.74, 6) is -1.94. The number of nitrogens with one attached hydrogen (secondary N) is 1. The Kier molecular flexibility index (Phi) is 5.70. The predicted octanol–water partition coefficient (Wildman–Crippen LogP) is 3.49. The fraction of sp³-hybridized carbons (Fsp3) is 0.261. The molecule has 0 aromatic heterocycles. The lowest BCUT2D eigenvalue weighted by atomic mass is 10.1. The number of benzene rings is 2. The molecule has 0 unspecified atom stereocenters. The van der Waals surface area contributed by atoms with Crippen LogP contribution in [0.15, 0.2) is 48.0 Å². The summed E-state index contributed by atoms with van der Waals surface area (Å²) in [6.45, 7) is 3.85. The first kappa shape index (κ1) is 20.6. The number of hydrogen-bond donors (Lipinski definition) is 1. The molecule has 2 fully saturated rings. The van der Waals surface area contributed by atoms with Crippen molar-refractivity contribution in [3.05, 3.63) is 59.4 Å². The molecule has 31 heavy (non-hydrogen) atoms. The number of hydrogen-bond acceptors (Lipinski definition) is 5. The second-order valence-electron chi connectivity index (χ2n) is 7.26. The zero-order chi connectivity index (χ0) is 22.0. The van der Waals surface area contributed by atoms with Crippen LogP contribution in [0.5, 0.6) is 5.75 Å². The standard InChI is InChI=1S/C23H22FN3O4/c1-2-31-20-8-4-3-7-19(20)27-22(29)17(21(28)25-23(27)30)13-15-9-10-16(14-18(15)24)26-11-5-6-12-26/h3-4,7-10,13-14H,2,5-6,11-12H2,1H3,(H,25,28,30)/b17-13+. The summed E-state index contributed by atoms with van der Waals surface area (Å²) in [6.07, 6.45) is 3.30. The highest BCUT2D eigenvalue weighted by atomic mass is 19.1. The molecule has 0 aliphatic carbocycles. The molecule has 2 saturated heterocycles. The Labute approximate surface area is 179 Å². The van der Waals surface area contributed by atoms with E-state index in [1.807, 2.05) is 0 Å². The van der Waals surface area contributed by atoms with Crippen LogP contribution in [0.4, 0.5) is 20.6 Å². The van der Waals surface area contributed by atoms with Crippen molar-refractivity contribution in [3.8, 4) is 5.75 Å². The topological polar surface area (TPSA) is 79.0 Å². The zero-order valence-corrected chi connectivity index (χ0v) is 17.1. The number of imide groups is 2. The fourth-order valence-corrected chi connectivity index (χ4v) is 3.76. The molecule has 4 amide bonds. The normalized spacial score (nSPS) is 18.0. The predicted molar refractivity (Wildman–Crippen MR) is 114 cm³/mol. The number of para-hydroxylation sites is 2. The monoisotopic (exact) mass is 423 g/mol. The van der Waals surface area contributed by atoms with Gasteiger partial charge in [-0.05, 0) is 56.2 Å². The molecular formula is C23H22FN3O4. The quantitative estimate of drug-likeness (QED) is 0.588. The van der Waals surface area contributed by atoms with E-state index in [9.17, 15) is 18.8 Å². The van der Waals surface area contributed by atoms with E-state index in [1.54, 1.807) is 37.3 Å². The zero-order valence-electron chi connectivity index (χ0n) is 17.1. The Morgan fingerprint density at radius 1 is 1.10 bits per heavy atom. The van der Waals surface area contributed by atoms with Gasteiger partial charge in [0.1, 0.15) is 17.1 Å². The number of urea groups is 1. The van der Waals surface area contributed by atoms with Gasteiger partial charge in [-0.1, -0.05) is 12.1 Å². The third kappa shape index (κ3) is 4.01. The number of rotatable bonds is 5. The number of barbiturate groups is 1. The van der Waals surface area contributed by atoms with Gasteiger partial charge >= 0.3 is 6.03 Å². The summed E-state index contributed by atoms with van der Waals surface area (Å²) >= 11 is 0. The molecule has 0 radical (unpaired) electrons. The Morgan fingerprint density at radius 3 is 2.55 bits per heavy atom. The van der Waals surface area contributed by atoms with E-state index in [0.29, 0.717) is 12.4 Å². The van der Waals surface area contributed by atoms with E-state index >= 15 is 0 Å². The van der Waals surface area contributed by atoms with Gasteiger partial charge in [0.25, 0.3) is 11.8 Å². The molecule has 8 heteroatoms. The Balaban J connectivity index is 1.68. The van der Waals surface area contributed by atoms with Crippen molar-refractivity contribution in [1.82, 2.24) is 5.32 Å². The highest BCUT2D eigenvalue weighted by Gasteiger charge is 2.38. The summed E-state index contributed by atoms with van der Waals surface area (Å²) in [7, 11) is 0. The summed E-state index contributed by atoms with van der Waals surface area (Å²) in [5, 5.41) is 2.15. The lowest BCUT2D eigenvalue weighted by Gasteiger charge is -2.27. The van der Waals surface area contributed by atoms with Gasteiger partial charge in [0.2, 0.25) is 0 Å². The molecular weight excluding hydrogens is 401 g/mol. The van der Waals surface area contributed by atoms with Crippen LogP contribution in [0.3, 0.4) is 0 Å². The maximum Gasteiger partial charge on any atom is 0.336 e. The molecule has 0 saturated carbocycles. The summed E-state index contributed by atoms with van der Waals surface area (Å²) in [5.41, 5.74) is 0.724. The van der Waals surface area contributed by atoms with Crippen molar-refractivity contribution < 1.29 is 23.5 Å². The average molecular weight is 423 g/mol. The molecule has 4 rings (SSSR count). The van der Waals surface area contributed by atoms with E-state index in [4.69, 9.17) is 4.74 Å². The van der Waals surface area contributed by atoms with E-state index < -0.39 is 23.7 Å². The first-order chi connectivity index (χ1) is 15.0. The van der Waals surface area contributed by atoms with Gasteiger partial charge in [-0.15, -0.1) is 0 Å². The minimum Gasteiger partial charge on any atom is -0.492 e. The number of carbonyl (C=O) groups is 3. The van der Waals surface area contributed by atoms with Crippen molar-refractivity contribution in [2.24, 2.45) is 0 Å². The number of amides is 4. The van der Waals surface area contributed by atoms with Crippen LogP contribution < -0.4 is 19.9 Å². The van der Waals surface area contributed by atoms with Gasteiger partial charge in [-0.3, -0.25) is 14.9 Å². The molecule has 2 aliphatic heterocycles. The van der Waals surface area contributed by atoms with Crippen LogP contribution in [0.2, 0.25) is 0 Å². The number of halogens is 1.